The van der Waals surface area contributed by atoms with Crippen LogP contribution in [-0.4, -0.2) is 30.9 Å². The molecule has 0 spiro atoms. The largest absolute Gasteiger partial charge is 0.371 e. The Morgan fingerprint density at radius 1 is 0.650 bits per heavy atom. The lowest BCUT2D eigenvalue weighted by molar-refractivity contribution is -0.274. The van der Waals surface area contributed by atoms with Crippen LogP contribution in [0.15, 0.2) is 0 Å². The Morgan fingerprint density at radius 3 is 1.15 bits per heavy atom. The van der Waals surface area contributed by atoms with E-state index in [1.165, 1.54) is 0 Å². The van der Waals surface area contributed by atoms with Gasteiger partial charge in [-0.25, -0.2) is 0 Å². The lowest BCUT2D eigenvalue weighted by Crippen LogP contribution is -2.55. The zero-order chi connectivity index (χ0) is 16.2. The van der Waals surface area contributed by atoms with Crippen molar-refractivity contribution in [1.29, 1.82) is 0 Å². The van der Waals surface area contributed by atoms with E-state index in [1.807, 2.05) is 0 Å². The van der Waals surface area contributed by atoms with E-state index in [-0.39, 0.29) is 0 Å². The van der Waals surface area contributed by atoms with Crippen molar-refractivity contribution < 1.29 is 13.3 Å². The van der Waals surface area contributed by atoms with Crippen molar-refractivity contribution >= 4 is 25.0 Å². The molecule has 0 bridgehead atoms. The van der Waals surface area contributed by atoms with Gasteiger partial charge in [0.05, 0.1) is 0 Å². The zero-order valence-corrected chi connectivity index (χ0v) is 18.3. The zero-order valence-electron chi connectivity index (χ0n) is 15.3. The molecule has 0 fully saturated rings. The normalized spacial score (nSPS) is 14.7. The molecular formula is C14H36O3Si3. The van der Waals surface area contributed by atoms with E-state index in [0.29, 0.717) is 0 Å². The van der Waals surface area contributed by atoms with Crippen molar-refractivity contribution in [3.63, 3.8) is 0 Å². The van der Waals surface area contributed by atoms with Gasteiger partial charge in [-0.1, -0.05) is 13.3 Å². The number of rotatable bonds is 9. The van der Waals surface area contributed by atoms with E-state index in [0.717, 1.165) is 19.3 Å². The minimum Gasteiger partial charge on any atom is -0.371 e. The van der Waals surface area contributed by atoms with Crippen molar-refractivity contribution in [2.75, 3.05) is 0 Å². The average Bonchev–Trinajstić information content (AvgIpc) is 2.05. The van der Waals surface area contributed by atoms with Crippen molar-refractivity contribution in [3.05, 3.63) is 0 Å². The second-order valence-electron chi connectivity index (χ2n) is 8.43. The molecule has 0 heterocycles. The van der Waals surface area contributed by atoms with Gasteiger partial charge in [0.1, 0.15) is 0 Å². The molecule has 0 saturated heterocycles. The van der Waals surface area contributed by atoms with Gasteiger partial charge in [-0.2, -0.15) is 0 Å². The van der Waals surface area contributed by atoms with Gasteiger partial charge >= 0.3 is 0 Å². The average molecular weight is 337 g/mol. The molecule has 0 amide bonds. The van der Waals surface area contributed by atoms with Crippen LogP contribution in [0.25, 0.3) is 0 Å². The molecule has 0 unspecified atom stereocenters. The predicted molar refractivity (Wildman–Crippen MR) is 95.5 cm³/mol. The molecule has 0 aromatic heterocycles. The van der Waals surface area contributed by atoms with Gasteiger partial charge < -0.3 is 13.3 Å². The summed E-state index contributed by atoms with van der Waals surface area (Å²) >= 11 is 0. The van der Waals surface area contributed by atoms with Crippen molar-refractivity contribution in [2.24, 2.45) is 0 Å². The van der Waals surface area contributed by atoms with Gasteiger partial charge in [0.15, 0.2) is 25.0 Å². The monoisotopic (exact) mass is 336 g/mol. The fraction of sp³-hybridized carbons (Fsp3) is 1.00. The molecule has 6 heteroatoms. The van der Waals surface area contributed by atoms with E-state index >= 15 is 0 Å². The number of unbranched alkanes of at least 4 members (excludes halogenated alkanes) is 1. The standard InChI is InChI=1S/C14H36O3Si3/c1-11-12-13-14(15-18(2,3)4,16-19(5,6)7)17-20(8,9)10/h11-13H2,1-10H3. The second kappa shape index (κ2) is 7.19. The molecule has 0 atom stereocenters. The summed E-state index contributed by atoms with van der Waals surface area (Å²) in [7, 11) is -5.24. The first-order valence-electron chi connectivity index (χ1n) is 7.79. The Bertz CT molecular complexity index is 247. The molecule has 20 heavy (non-hydrogen) atoms. The minimum absolute atomic E-state index is 0.810. The molecule has 0 N–H and O–H groups in total. The maximum Gasteiger partial charge on any atom is 0.254 e. The molecule has 0 saturated carbocycles. The van der Waals surface area contributed by atoms with Gasteiger partial charge in [-0.3, -0.25) is 0 Å². The van der Waals surface area contributed by atoms with Crippen LogP contribution < -0.4 is 0 Å². The topological polar surface area (TPSA) is 27.7 Å². The van der Waals surface area contributed by atoms with Crippen LogP contribution in [0.3, 0.4) is 0 Å². The first kappa shape index (κ1) is 20.5. The van der Waals surface area contributed by atoms with Gasteiger partial charge in [0, 0.05) is 6.42 Å². The van der Waals surface area contributed by atoms with Crippen LogP contribution in [0.2, 0.25) is 58.9 Å². The fourth-order valence-electron chi connectivity index (χ4n) is 2.01. The third-order valence-electron chi connectivity index (χ3n) is 2.22. The molecule has 3 nitrogen and oxygen atoms in total. The minimum atomic E-state index is -1.75. The Balaban J connectivity index is 5.38. The van der Waals surface area contributed by atoms with Gasteiger partial charge in [-0.15, -0.1) is 0 Å². The Hall–Kier alpha value is 0.531. The molecule has 0 aliphatic heterocycles. The van der Waals surface area contributed by atoms with E-state index in [1.54, 1.807) is 0 Å². The lowest BCUT2D eigenvalue weighted by atomic mass is 10.2. The van der Waals surface area contributed by atoms with Crippen molar-refractivity contribution in [1.82, 2.24) is 0 Å². The van der Waals surface area contributed by atoms with E-state index < -0.39 is 30.9 Å². The first-order valence-corrected chi connectivity index (χ1v) is 18.0. The Morgan fingerprint density at radius 2 is 0.950 bits per heavy atom. The molecular weight excluding hydrogens is 300 g/mol. The summed E-state index contributed by atoms with van der Waals surface area (Å²) in [6.07, 6.45) is 3.03. The summed E-state index contributed by atoms with van der Waals surface area (Å²) in [5.41, 5.74) is 0. The first-order chi connectivity index (χ1) is 8.68. The highest BCUT2D eigenvalue weighted by atomic mass is 28.4. The van der Waals surface area contributed by atoms with Crippen LogP contribution in [0.4, 0.5) is 0 Å². The summed E-state index contributed by atoms with van der Waals surface area (Å²) in [6.45, 7) is 22.0. The van der Waals surface area contributed by atoms with Crippen LogP contribution in [0.1, 0.15) is 26.2 Å². The molecule has 0 aliphatic rings. The molecule has 0 radical (unpaired) electrons. The van der Waals surface area contributed by atoms with Gasteiger partial charge in [0.25, 0.3) is 5.97 Å². The smallest absolute Gasteiger partial charge is 0.254 e. The number of hydrogen-bond acceptors (Lipinski definition) is 3. The van der Waals surface area contributed by atoms with Crippen LogP contribution in [0, 0.1) is 0 Å². The second-order valence-corrected chi connectivity index (χ2v) is 21.7. The SMILES string of the molecule is CCCCC(O[Si](C)(C)C)(O[Si](C)(C)C)O[Si](C)(C)C. The highest BCUT2D eigenvalue weighted by Gasteiger charge is 2.44. The molecule has 122 valence electrons. The third kappa shape index (κ3) is 10.3. The lowest BCUT2D eigenvalue weighted by Gasteiger charge is -2.45. The predicted octanol–water partition coefficient (Wildman–Crippen LogP) is 5.38. The molecule has 0 aromatic carbocycles. The Kier molecular flexibility index (Phi) is 7.39. The van der Waals surface area contributed by atoms with Gasteiger partial charge in [-0.05, 0) is 65.3 Å². The van der Waals surface area contributed by atoms with Crippen molar-refractivity contribution in [3.8, 4) is 0 Å². The third-order valence-corrected chi connectivity index (χ3v) is 4.99. The van der Waals surface area contributed by atoms with Crippen molar-refractivity contribution in [2.45, 2.75) is 91.1 Å². The highest BCUT2D eigenvalue weighted by Crippen LogP contribution is 2.33. The fourth-order valence-corrected chi connectivity index (χ4v) is 5.61. The molecule has 0 aliphatic carbocycles. The number of hydrogen-bond donors (Lipinski definition) is 0. The van der Waals surface area contributed by atoms with Crippen LogP contribution in [-0.2, 0) is 13.3 Å². The van der Waals surface area contributed by atoms with Crippen LogP contribution >= 0.6 is 0 Å². The quantitative estimate of drug-likeness (QED) is 0.417. The van der Waals surface area contributed by atoms with E-state index in [2.05, 4.69) is 65.8 Å². The Labute approximate surface area is 129 Å². The molecule has 0 aromatic rings. The van der Waals surface area contributed by atoms with E-state index in [9.17, 15) is 0 Å². The summed E-state index contributed by atoms with van der Waals surface area (Å²) < 4.78 is 19.3. The highest BCUT2D eigenvalue weighted by molar-refractivity contribution is 6.72. The molecule has 0 rings (SSSR count). The summed E-state index contributed by atoms with van der Waals surface area (Å²) in [5.74, 6) is -0.810. The van der Waals surface area contributed by atoms with Crippen LogP contribution in [0.5, 0.6) is 0 Å². The summed E-state index contributed by atoms with van der Waals surface area (Å²) in [5, 5.41) is 0. The summed E-state index contributed by atoms with van der Waals surface area (Å²) in [4.78, 5) is 0. The summed E-state index contributed by atoms with van der Waals surface area (Å²) in [6, 6.07) is 0. The maximum absolute atomic E-state index is 6.44. The van der Waals surface area contributed by atoms with E-state index in [4.69, 9.17) is 13.3 Å². The maximum atomic E-state index is 6.44. The van der Waals surface area contributed by atoms with Gasteiger partial charge in [0.2, 0.25) is 0 Å².